The third-order valence-corrected chi connectivity index (χ3v) is 2.32. The van der Waals surface area contributed by atoms with E-state index in [-0.39, 0.29) is 28.7 Å². The Hall–Kier alpha value is -1.95. The third kappa shape index (κ3) is 3.27. The number of rotatable bonds is 5. The molecule has 1 N–H and O–H groups in total. The largest absolute Gasteiger partial charge is 0.493 e. The van der Waals surface area contributed by atoms with Gasteiger partial charge in [-0.2, -0.15) is 0 Å². The summed E-state index contributed by atoms with van der Waals surface area (Å²) in [6.07, 6.45) is 0. The van der Waals surface area contributed by atoms with Gasteiger partial charge in [0.15, 0.2) is 18.1 Å². The zero-order chi connectivity index (χ0) is 13.7. The second kappa shape index (κ2) is 6.11. The first-order valence-corrected chi connectivity index (χ1v) is 5.17. The zero-order valence-corrected chi connectivity index (χ0v) is 10.5. The summed E-state index contributed by atoms with van der Waals surface area (Å²) in [5.74, 6) is -1.51. The van der Waals surface area contributed by atoms with Gasteiger partial charge in [0.1, 0.15) is 0 Å². The number of ether oxygens (including phenoxy) is 3. The first-order valence-electron chi connectivity index (χ1n) is 4.80. The van der Waals surface area contributed by atoms with Crippen molar-refractivity contribution in [2.24, 2.45) is 0 Å². The minimum atomic E-state index is -1.14. The maximum Gasteiger partial charge on any atom is 0.343 e. The summed E-state index contributed by atoms with van der Waals surface area (Å²) in [6.45, 7) is -0.348. The molecule has 0 radical (unpaired) electrons. The van der Waals surface area contributed by atoms with E-state index in [1.54, 1.807) is 0 Å². The number of carbonyl (C=O) groups excluding carboxylic acids is 1. The SMILES string of the molecule is COC(=O)COc1c(Cl)cc(C(=O)O)cc1OC. The van der Waals surface area contributed by atoms with Gasteiger partial charge in [0.05, 0.1) is 24.8 Å². The average Bonchev–Trinajstić information content (AvgIpc) is 2.35. The van der Waals surface area contributed by atoms with Crippen molar-refractivity contribution in [2.45, 2.75) is 0 Å². The summed E-state index contributed by atoms with van der Waals surface area (Å²) < 4.78 is 14.5. The van der Waals surface area contributed by atoms with Crippen LogP contribution in [-0.4, -0.2) is 37.9 Å². The van der Waals surface area contributed by atoms with Gasteiger partial charge in [0, 0.05) is 0 Å². The van der Waals surface area contributed by atoms with E-state index in [4.69, 9.17) is 26.2 Å². The van der Waals surface area contributed by atoms with Crippen LogP contribution in [0.1, 0.15) is 10.4 Å². The molecule has 0 bridgehead atoms. The van der Waals surface area contributed by atoms with Crippen LogP contribution in [0.3, 0.4) is 0 Å². The molecule has 0 aliphatic rings. The predicted molar refractivity (Wildman–Crippen MR) is 62.5 cm³/mol. The van der Waals surface area contributed by atoms with Gasteiger partial charge in [-0.25, -0.2) is 9.59 Å². The van der Waals surface area contributed by atoms with Crippen LogP contribution in [-0.2, 0) is 9.53 Å². The summed E-state index contributed by atoms with van der Waals surface area (Å²) in [6, 6.07) is 2.46. The third-order valence-electron chi connectivity index (χ3n) is 2.04. The summed E-state index contributed by atoms with van der Waals surface area (Å²) >= 11 is 5.86. The van der Waals surface area contributed by atoms with Crippen molar-refractivity contribution in [1.29, 1.82) is 0 Å². The van der Waals surface area contributed by atoms with E-state index in [2.05, 4.69) is 4.74 Å². The van der Waals surface area contributed by atoms with Crippen LogP contribution >= 0.6 is 11.6 Å². The molecule has 0 amide bonds. The van der Waals surface area contributed by atoms with Crippen LogP contribution in [0.4, 0.5) is 0 Å². The molecule has 0 unspecified atom stereocenters. The molecule has 0 aliphatic carbocycles. The van der Waals surface area contributed by atoms with Gasteiger partial charge in [-0.05, 0) is 12.1 Å². The first kappa shape index (κ1) is 14.1. The molecule has 1 rings (SSSR count). The zero-order valence-electron chi connectivity index (χ0n) is 9.73. The molecule has 98 valence electrons. The Morgan fingerprint density at radius 1 is 1.33 bits per heavy atom. The molecule has 0 saturated carbocycles. The lowest BCUT2D eigenvalue weighted by Crippen LogP contribution is -2.13. The number of carboxylic acid groups (broad SMARTS) is 1. The second-order valence-electron chi connectivity index (χ2n) is 3.16. The standard InChI is InChI=1S/C11H11ClO6/c1-16-8-4-6(11(14)15)3-7(12)10(8)18-5-9(13)17-2/h3-4H,5H2,1-2H3,(H,14,15). The molecule has 0 atom stereocenters. The minimum Gasteiger partial charge on any atom is -0.493 e. The number of esters is 1. The normalized spacial score (nSPS) is 9.72. The lowest BCUT2D eigenvalue weighted by atomic mass is 10.2. The summed E-state index contributed by atoms with van der Waals surface area (Å²) in [4.78, 5) is 21.8. The molecule has 0 saturated heterocycles. The first-order chi connectivity index (χ1) is 8.49. The maximum atomic E-state index is 10.9. The number of halogens is 1. The smallest absolute Gasteiger partial charge is 0.343 e. The number of carboxylic acids is 1. The van der Waals surface area contributed by atoms with Crippen molar-refractivity contribution >= 4 is 23.5 Å². The van der Waals surface area contributed by atoms with Crippen molar-refractivity contribution < 1.29 is 28.9 Å². The highest BCUT2D eigenvalue weighted by molar-refractivity contribution is 6.32. The Bertz CT molecular complexity index is 471. The second-order valence-corrected chi connectivity index (χ2v) is 3.57. The molecular formula is C11H11ClO6. The van der Waals surface area contributed by atoms with Crippen LogP contribution in [0.2, 0.25) is 5.02 Å². The van der Waals surface area contributed by atoms with Gasteiger partial charge in [0.2, 0.25) is 0 Å². The highest BCUT2D eigenvalue weighted by Gasteiger charge is 2.16. The minimum absolute atomic E-state index is 0.0376. The van der Waals surface area contributed by atoms with Crippen LogP contribution in [0, 0.1) is 0 Å². The Balaban J connectivity index is 3.03. The molecular weight excluding hydrogens is 264 g/mol. The summed E-state index contributed by atoms with van der Waals surface area (Å²) in [5.41, 5.74) is -0.0396. The molecule has 0 aromatic heterocycles. The Morgan fingerprint density at radius 2 is 2.00 bits per heavy atom. The summed E-state index contributed by atoms with van der Waals surface area (Å²) in [7, 11) is 2.56. The number of benzene rings is 1. The van der Waals surface area contributed by atoms with E-state index in [1.165, 1.54) is 26.4 Å². The summed E-state index contributed by atoms with van der Waals surface area (Å²) in [5, 5.41) is 8.88. The number of carbonyl (C=O) groups is 2. The molecule has 1 aromatic rings. The lowest BCUT2D eigenvalue weighted by molar-refractivity contribution is -0.142. The maximum absolute atomic E-state index is 10.9. The van der Waals surface area contributed by atoms with Crippen molar-refractivity contribution in [1.82, 2.24) is 0 Å². The highest BCUT2D eigenvalue weighted by atomic mass is 35.5. The highest BCUT2D eigenvalue weighted by Crippen LogP contribution is 2.36. The van der Waals surface area contributed by atoms with Crippen molar-refractivity contribution in [2.75, 3.05) is 20.8 Å². The Labute approximate surface area is 108 Å². The molecule has 1 aromatic carbocycles. The average molecular weight is 275 g/mol. The molecule has 0 heterocycles. The number of hydrogen-bond acceptors (Lipinski definition) is 5. The Kier molecular flexibility index (Phi) is 4.79. The van der Waals surface area contributed by atoms with Gasteiger partial charge >= 0.3 is 11.9 Å². The molecule has 0 spiro atoms. The van der Waals surface area contributed by atoms with E-state index in [1.807, 2.05) is 0 Å². The van der Waals surface area contributed by atoms with Crippen LogP contribution in [0.5, 0.6) is 11.5 Å². The van der Waals surface area contributed by atoms with Crippen molar-refractivity contribution in [3.05, 3.63) is 22.7 Å². The molecule has 7 heteroatoms. The molecule has 0 aliphatic heterocycles. The van der Waals surface area contributed by atoms with Gasteiger partial charge in [-0.1, -0.05) is 11.6 Å². The van der Waals surface area contributed by atoms with Crippen LogP contribution in [0.25, 0.3) is 0 Å². The van der Waals surface area contributed by atoms with Crippen molar-refractivity contribution in [3.8, 4) is 11.5 Å². The van der Waals surface area contributed by atoms with Crippen molar-refractivity contribution in [3.63, 3.8) is 0 Å². The van der Waals surface area contributed by atoms with Gasteiger partial charge < -0.3 is 19.3 Å². The lowest BCUT2D eigenvalue weighted by Gasteiger charge is -2.12. The number of hydrogen-bond donors (Lipinski definition) is 1. The fourth-order valence-corrected chi connectivity index (χ4v) is 1.44. The van der Waals surface area contributed by atoms with E-state index in [0.717, 1.165) is 0 Å². The van der Waals surface area contributed by atoms with Crippen LogP contribution < -0.4 is 9.47 Å². The van der Waals surface area contributed by atoms with E-state index < -0.39 is 11.9 Å². The molecule has 18 heavy (non-hydrogen) atoms. The van der Waals surface area contributed by atoms with Crippen LogP contribution in [0.15, 0.2) is 12.1 Å². The van der Waals surface area contributed by atoms with Gasteiger partial charge in [-0.15, -0.1) is 0 Å². The fourth-order valence-electron chi connectivity index (χ4n) is 1.17. The van der Waals surface area contributed by atoms with E-state index in [9.17, 15) is 9.59 Å². The monoisotopic (exact) mass is 274 g/mol. The number of aromatic carboxylic acids is 1. The fraction of sp³-hybridized carbons (Fsp3) is 0.273. The number of methoxy groups -OCH3 is 2. The molecule has 0 fully saturated rings. The van der Waals surface area contributed by atoms with Gasteiger partial charge in [0.25, 0.3) is 0 Å². The quantitative estimate of drug-likeness (QED) is 0.821. The van der Waals surface area contributed by atoms with E-state index >= 15 is 0 Å². The Morgan fingerprint density at radius 3 is 2.50 bits per heavy atom. The molecule has 6 nitrogen and oxygen atoms in total. The topological polar surface area (TPSA) is 82.1 Å². The van der Waals surface area contributed by atoms with E-state index in [0.29, 0.717) is 0 Å². The van der Waals surface area contributed by atoms with Gasteiger partial charge in [-0.3, -0.25) is 0 Å². The predicted octanol–water partition coefficient (Wildman–Crippen LogP) is 1.60.